The fourth-order valence-electron chi connectivity index (χ4n) is 4.55. The van der Waals surface area contributed by atoms with E-state index in [-0.39, 0.29) is 44.8 Å². The highest BCUT2D eigenvalue weighted by Crippen LogP contribution is 2.44. The van der Waals surface area contributed by atoms with Gasteiger partial charge in [-0.1, -0.05) is 48.5 Å². The molecule has 0 spiro atoms. The summed E-state index contributed by atoms with van der Waals surface area (Å²) in [6.45, 7) is 0.177. The van der Waals surface area contributed by atoms with E-state index in [4.69, 9.17) is 19.7 Å². The molecular formula is C25H28N2O7. The van der Waals surface area contributed by atoms with Crippen LogP contribution in [0.15, 0.2) is 48.5 Å². The molecule has 0 bridgehead atoms. The molecule has 0 radical (unpaired) electrons. The molecule has 180 valence electrons. The molecule has 3 atom stereocenters. The summed E-state index contributed by atoms with van der Waals surface area (Å²) in [5.41, 5.74) is 4.57. The standard InChI is InChI=1S/C25H28N2O7/c28-10-9-22(24(30)31)27-23(29)15-11-16(33-13-15)12-26-25(32)34-14-21-19-7-3-1-5-17(19)18-6-2-4-8-20(18)21/h1-8,15-16,21-22,28H,9-14H2,(H,26,32)(H,27,29)(H,30,31)/t15-,16-,22-/m0/s1. The van der Waals surface area contributed by atoms with Crippen LogP contribution >= 0.6 is 0 Å². The SMILES string of the molecule is O=C(NC[C@@H]1C[C@H](C(=O)N[C@@H](CCO)C(=O)O)CO1)OCC1c2ccccc2-c2ccccc21. The lowest BCUT2D eigenvalue weighted by atomic mass is 9.98. The first kappa shape index (κ1) is 23.7. The van der Waals surface area contributed by atoms with E-state index in [2.05, 4.69) is 22.8 Å². The maximum Gasteiger partial charge on any atom is 0.407 e. The summed E-state index contributed by atoms with van der Waals surface area (Å²) in [6, 6.07) is 15.0. The first-order valence-corrected chi connectivity index (χ1v) is 11.3. The molecule has 1 heterocycles. The normalized spacial score (nSPS) is 19.7. The van der Waals surface area contributed by atoms with Crippen LogP contribution in [0.5, 0.6) is 0 Å². The van der Waals surface area contributed by atoms with Gasteiger partial charge < -0.3 is 30.3 Å². The van der Waals surface area contributed by atoms with Crippen molar-refractivity contribution in [2.75, 3.05) is 26.4 Å². The van der Waals surface area contributed by atoms with Gasteiger partial charge in [0.1, 0.15) is 12.6 Å². The second-order valence-electron chi connectivity index (χ2n) is 8.51. The van der Waals surface area contributed by atoms with Gasteiger partial charge >= 0.3 is 12.1 Å². The van der Waals surface area contributed by atoms with E-state index >= 15 is 0 Å². The van der Waals surface area contributed by atoms with E-state index in [1.807, 2.05) is 36.4 Å². The van der Waals surface area contributed by atoms with Crippen molar-refractivity contribution < 1.29 is 34.1 Å². The van der Waals surface area contributed by atoms with Crippen molar-refractivity contribution in [3.8, 4) is 11.1 Å². The number of hydrogen-bond donors (Lipinski definition) is 4. The number of aliphatic hydroxyl groups is 1. The van der Waals surface area contributed by atoms with E-state index in [1.165, 1.54) is 0 Å². The van der Waals surface area contributed by atoms with Crippen LogP contribution in [0.3, 0.4) is 0 Å². The van der Waals surface area contributed by atoms with Gasteiger partial charge in [-0.05, 0) is 28.7 Å². The largest absolute Gasteiger partial charge is 0.480 e. The Bertz CT molecular complexity index is 1010. The third-order valence-corrected chi connectivity index (χ3v) is 6.30. The molecule has 9 nitrogen and oxygen atoms in total. The van der Waals surface area contributed by atoms with Crippen molar-refractivity contribution in [1.82, 2.24) is 10.6 Å². The second-order valence-corrected chi connectivity index (χ2v) is 8.51. The van der Waals surface area contributed by atoms with Gasteiger partial charge in [0.05, 0.1) is 18.6 Å². The summed E-state index contributed by atoms with van der Waals surface area (Å²) >= 11 is 0. The number of nitrogens with one attached hydrogen (secondary N) is 2. The minimum absolute atomic E-state index is 0.0324. The first-order chi connectivity index (χ1) is 16.5. The number of fused-ring (bicyclic) bond motifs is 3. The number of carboxylic acids is 1. The lowest BCUT2D eigenvalue weighted by molar-refractivity contribution is -0.142. The Labute approximate surface area is 197 Å². The van der Waals surface area contributed by atoms with Crippen LogP contribution in [0.1, 0.15) is 29.9 Å². The lowest BCUT2D eigenvalue weighted by Gasteiger charge is -2.16. The fraction of sp³-hybridized carbons (Fsp3) is 0.400. The number of ether oxygens (including phenoxy) is 2. The van der Waals surface area contributed by atoms with Gasteiger partial charge in [-0.15, -0.1) is 0 Å². The predicted octanol–water partition coefficient (Wildman–Crippen LogP) is 1.88. The van der Waals surface area contributed by atoms with Gasteiger partial charge in [0.25, 0.3) is 0 Å². The molecule has 0 unspecified atom stereocenters. The Morgan fingerprint density at radius 3 is 2.32 bits per heavy atom. The van der Waals surface area contributed by atoms with Gasteiger partial charge in [-0.2, -0.15) is 0 Å². The maximum absolute atomic E-state index is 12.3. The zero-order chi connectivity index (χ0) is 24.1. The molecule has 4 N–H and O–H groups in total. The van der Waals surface area contributed by atoms with Crippen LogP contribution < -0.4 is 10.6 Å². The molecule has 2 aromatic carbocycles. The highest BCUT2D eigenvalue weighted by Gasteiger charge is 2.33. The number of carbonyl (C=O) groups excluding carboxylic acids is 2. The van der Waals surface area contributed by atoms with Crippen LogP contribution in [-0.4, -0.2) is 66.7 Å². The molecule has 2 amide bonds. The van der Waals surface area contributed by atoms with Gasteiger partial charge in [0, 0.05) is 25.5 Å². The number of alkyl carbamates (subject to hydrolysis) is 1. The fourth-order valence-corrected chi connectivity index (χ4v) is 4.55. The molecule has 1 aliphatic heterocycles. The van der Waals surface area contributed by atoms with Gasteiger partial charge in [0.2, 0.25) is 5.91 Å². The highest BCUT2D eigenvalue weighted by molar-refractivity contribution is 5.85. The predicted molar refractivity (Wildman–Crippen MR) is 122 cm³/mol. The summed E-state index contributed by atoms with van der Waals surface area (Å²) < 4.78 is 11.1. The van der Waals surface area contributed by atoms with Gasteiger partial charge in [-0.3, -0.25) is 4.79 Å². The first-order valence-electron chi connectivity index (χ1n) is 11.3. The summed E-state index contributed by atoms with van der Waals surface area (Å²) in [5.74, 6) is -2.19. The second kappa shape index (κ2) is 10.7. The monoisotopic (exact) mass is 468 g/mol. The zero-order valence-corrected chi connectivity index (χ0v) is 18.6. The molecular weight excluding hydrogens is 440 g/mol. The zero-order valence-electron chi connectivity index (χ0n) is 18.6. The number of rotatable bonds is 9. The number of hydrogen-bond acceptors (Lipinski definition) is 6. The number of benzene rings is 2. The van der Waals surface area contributed by atoms with E-state index < -0.39 is 29.9 Å². The Balaban J connectivity index is 1.24. The minimum atomic E-state index is -1.20. The van der Waals surface area contributed by atoms with E-state index in [0.29, 0.717) is 6.42 Å². The third kappa shape index (κ3) is 5.21. The number of aliphatic carboxylic acids is 1. The average molecular weight is 469 g/mol. The quantitative estimate of drug-likeness (QED) is 0.441. The summed E-state index contributed by atoms with van der Waals surface area (Å²) in [5, 5.41) is 23.2. The minimum Gasteiger partial charge on any atom is -0.480 e. The molecule has 1 aliphatic carbocycles. The molecule has 0 saturated carbocycles. The van der Waals surface area contributed by atoms with Crippen molar-refractivity contribution in [2.24, 2.45) is 5.92 Å². The van der Waals surface area contributed by atoms with Crippen LogP contribution in [0.4, 0.5) is 4.79 Å². The molecule has 2 aliphatic rings. The van der Waals surface area contributed by atoms with E-state index in [1.54, 1.807) is 0 Å². The molecule has 34 heavy (non-hydrogen) atoms. The average Bonchev–Trinajstić information content (AvgIpc) is 3.44. The van der Waals surface area contributed by atoms with E-state index in [9.17, 15) is 14.4 Å². The van der Waals surface area contributed by atoms with Crippen LogP contribution in [0.25, 0.3) is 11.1 Å². The van der Waals surface area contributed by atoms with Gasteiger partial charge in [-0.25, -0.2) is 9.59 Å². The van der Waals surface area contributed by atoms with E-state index in [0.717, 1.165) is 22.3 Å². The Morgan fingerprint density at radius 2 is 1.71 bits per heavy atom. The highest BCUT2D eigenvalue weighted by atomic mass is 16.5. The van der Waals surface area contributed by atoms with Crippen LogP contribution in [0.2, 0.25) is 0 Å². The smallest absolute Gasteiger partial charge is 0.407 e. The molecule has 2 aromatic rings. The van der Waals surface area contributed by atoms with Crippen molar-refractivity contribution in [3.05, 3.63) is 59.7 Å². The summed E-state index contributed by atoms with van der Waals surface area (Å²) in [6.07, 6.45) is -0.660. The molecule has 1 saturated heterocycles. The molecule has 4 rings (SSSR count). The number of carbonyl (C=O) groups is 3. The summed E-state index contributed by atoms with van der Waals surface area (Å²) in [4.78, 5) is 35.8. The molecule has 0 aromatic heterocycles. The van der Waals surface area contributed by atoms with Gasteiger partial charge in [0.15, 0.2) is 0 Å². The third-order valence-electron chi connectivity index (χ3n) is 6.30. The molecule has 9 heteroatoms. The van der Waals surface area contributed by atoms with Crippen molar-refractivity contribution in [3.63, 3.8) is 0 Å². The summed E-state index contributed by atoms with van der Waals surface area (Å²) in [7, 11) is 0. The van der Waals surface area contributed by atoms with Crippen LogP contribution in [-0.2, 0) is 19.1 Å². The van der Waals surface area contributed by atoms with Crippen molar-refractivity contribution in [1.29, 1.82) is 0 Å². The van der Waals surface area contributed by atoms with Crippen molar-refractivity contribution >= 4 is 18.0 Å². The molecule has 1 fully saturated rings. The Kier molecular flexibility index (Phi) is 7.44. The lowest BCUT2D eigenvalue weighted by Crippen LogP contribution is -2.44. The number of aliphatic hydroxyl groups excluding tert-OH is 1. The maximum atomic E-state index is 12.3. The number of amides is 2. The Morgan fingerprint density at radius 1 is 1.06 bits per heavy atom. The van der Waals surface area contributed by atoms with Crippen molar-refractivity contribution in [2.45, 2.75) is 30.9 Å². The van der Waals surface area contributed by atoms with Crippen LogP contribution in [0, 0.1) is 5.92 Å². The Hall–Kier alpha value is -3.43. The topological polar surface area (TPSA) is 134 Å². The number of carboxylic acid groups (broad SMARTS) is 1.